The first-order chi connectivity index (χ1) is 10.5. The van der Waals surface area contributed by atoms with Gasteiger partial charge in [-0.1, -0.05) is 0 Å². The van der Waals surface area contributed by atoms with Gasteiger partial charge in [-0.2, -0.15) is 8.78 Å². The summed E-state index contributed by atoms with van der Waals surface area (Å²) >= 11 is 0. The highest BCUT2D eigenvalue weighted by molar-refractivity contribution is 5.95. The van der Waals surface area contributed by atoms with Crippen molar-refractivity contribution in [1.29, 1.82) is 0 Å². The van der Waals surface area contributed by atoms with Gasteiger partial charge in [-0.05, 0) is 44.1 Å². The molecule has 1 aromatic carbocycles. The number of halogens is 3. The molecule has 1 heterocycles. The molecule has 0 unspecified atom stereocenters. The van der Waals surface area contributed by atoms with Crippen molar-refractivity contribution in [3.05, 3.63) is 23.8 Å². The van der Waals surface area contributed by atoms with Crippen LogP contribution in [0, 0.1) is 0 Å². The van der Waals surface area contributed by atoms with Gasteiger partial charge in [0.1, 0.15) is 0 Å². The number of alkyl halides is 2. The highest BCUT2D eigenvalue weighted by atomic mass is 35.5. The average Bonchev–Trinajstić information content (AvgIpc) is 2.54. The van der Waals surface area contributed by atoms with Crippen LogP contribution in [-0.2, 0) is 0 Å². The molecule has 5 nitrogen and oxygen atoms in total. The highest BCUT2D eigenvalue weighted by Gasteiger charge is 2.24. The maximum Gasteiger partial charge on any atom is 0.387 e. The van der Waals surface area contributed by atoms with Crippen molar-refractivity contribution in [1.82, 2.24) is 10.2 Å². The molecule has 1 fully saturated rings. The zero-order chi connectivity index (χ0) is 16.1. The maximum absolute atomic E-state index is 12.5. The number of carbonyl (C=O) groups excluding carboxylic acids is 1. The summed E-state index contributed by atoms with van der Waals surface area (Å²) in [5.41, 5.74) is 0.388. The van der Waals surface area contributed by atoms with E-state index in [1.165, 1.54) is 25.3 Å². The van der Waals surface area contributed by atoms with Crippen LogP contribution < -0.4 is 14.8 Å². The molecule has 8 heteroatoms. The van der Waals surface area contributed by atoms with Crippen LogP contribution in [0.2, 0.25) is 0 Å². The van der Waals surface area contributed by atoms with Gasteiger partial charge in [0.25, 0.3) is 5.91 Å². The molecule has 23 heavy (non-hydrogen) atoms. The van der Waals surface area contributed by atoms with E-state index in [9.17, 15) is 13.6 Å². The van der Waals surface area contributed by atoms with E-state index in [0.717, 1.165) is 25.9 Å². The topological polar surface area (TPSA) is 50.8 Å². The highest BCUT2D eigenvalue weighted by Crippen LogP contribution is 2.30. The fourth-order valence-electron chi connectivity index (χ4n) is 2.56. The van der Waals surface area contributed by atoms with Crippen LogP contribution in [0.4, 0.5) is 8.78 Å². The molecule has 0 radical (unpaired) electrons. The molecule has 130 valence electrons. The summed E-state index contributed by atoms with van der Waals surface area (Å²) in [5.74, 6) is -0.128. The van der Waals surface area contributed by atoms with Crippen molar-refractivity contribution in [3.8, 4) is 11.5 Å². The van der Waals surface area contributed by atoms with Crippen LogP contribution in [0.1, 0.15) is 23.2 Å². The molecule has 1 aromatic rings. The fraction of sp³-hybridized carbons (Fsp3) is 0.533. The third-order valence-corrected chi connectivity index (χ3v) is 3.80. The number of methoxy groups -OCH3 is 1. The largest absolute Gasteiger partial charge is 0.493 e. The van der Waals surface area contributed by atoms with Gasteiger partial charge in [-0.25, -0.2) is 0 Å². The van der Waals surface area contributed by atoms with Gasteiger partial charge in [0.2, 0.25) is 0 Å². The molecule has 0 aromatic heterocycles. The quantitative estimate of drug-likeness (QED) is 0.886. The maximum atomic E-state index is 12.5. The zero-order valence-electron chi connectivity index (χ0n) is 13.1. The molecule has 1 aliphatic heterocycles. The Hall–Kier alpha value is -1.60. The van der Waals surface area contributed by atoms with E-state index >= 15 is 0 Å². The lowest BCUT2D eigenvalue weighted by atomic mass is 10.0. The number of piperidine rings is 1. The summed E-state index contributed by atoms with van der Waals surface area (Å²) in [5, 5.41) is 3.25. The van der Waals surface area contributed by atoms with Crippen molar-refractivity contribution < 1.29 is 23.0 Å². The average molecular weight is 351 g/mol. The number of hydrogen-bond donors (Lipinski definition) is 1. The van der Waals surface area contributed by atoms with E-state index in [1.807, 2.05) is 0 Å². The summed E-state index contributed by atoms with van der Waals surface area (Å²) in [6.07, 6.45) is 1.79. The number of nitrogens with one attached hydrogen (secondary N) is 1. The Morgan fingerprint density at radius 2 is 1.96 bits per heavy atom. The fourth-order valence-corrected chi connectivity index (χ4v) is 2.56. The summed E-state index contributed by atoms with van der Waals surface area (Å²) in [4.78, 5) is 14.2. The van der Waals surface area contributed by atoms with E-state index < -0.39 is 6.61 Å². The second kappa shape index (κ2) is 8.88. The number of rotatable bonds is 5. The van der Waals surface area contributed by atoms with E-state index in [-0.39, 0.29) is 35.9 Å². The smallest absolute Gasteiger partial charge is 0.387 e. The first-order valence-corrected chi connectivity index (χ1v) is 7.13. The van der Waals surface area contributed by atoms with Gasteiger partial charge in [0.05, 0.1) is 7.11 Å². The van der Waals surface area contributed by atoms with Crippen molar-refractivity contribution in [2.24, 2.45) is 0 Å². The van der Waals surface area contributed by atoms with Gasteiger partial charge in [0, 0.05) is 18.7 Å². The van der Waals surface area contributed by atoms with Crippen LogP contribution in [0.5, 0.6) is 11.5 Å². The molecular weight excluding hydrogens is 330 g/mol. The Balaban J connectivity index is 0.00000264. The van der Waals surface area contributed by atoms with Gasteiger partial charge < -0.3 is 19.7 Å². The van der Waals surface area contributed by atoms with Crippen molar-refractivity contribution in [2.45, 2.75) is 25.5 Å². The summed E-state index contributed by atoms with van der Waals surface area (Å²) < 4.78 is 34.0. The number of carbonyl (C=O) groups is 1. The van der Waals surface area contributed by atoms with Crippen LogP contribution in [0.15, 0.2) is 18.2 Å². The number of ether oxygens (including phenoxy) is 2. The first-order valence-electron chi connectivity index (χ1n) is 7.13. The lowest BCUT2D eigenvalue weighted by Gasteiger charge is -2.31. The lowest BCUT2D eigenvalue weighted by molar-refractivity contribution is -0.0512. The molecule has 1 aliphatic rings. The minimum absolute atomic E-state index is 0. The second-order valence-corrected chi connectivity index (χ2v) is 5.14. The van der Waals surface area contributed by atoms with Gasteiger partial charge >= 0.3 is 6.61 Å². The van der Waals surface area contributed by atoms with Crippen LogP contribution in [0.3, 0.4) is 0 Å². The Morgan fingerprint density at radius 3 is 2.52 bits per heavy atom. The number of nitrogens with zero attached hydrogens (tertiary/aromatic N) is 1. The van der Waals surface area contributed by atoms with E-state index in [1.54, 1.807) is 11.9 Å². The summed E-state index contributed by atoms with van der Waals surface area (Å²) in [7, 11) is 3.10. The van der Waals surface area contributed by atoms with Crippen molar-refractivity contribution in [3.63, 3.8) is 0 Å². The lowest BCUT2D eigenvalue weighted by Crippen LogP contribution is -2.43. The monoisotopic (exact) mass is 350 g/mol. The van der Waals surface area contributed by atoms with E-state index in [0.29, 0.717) is 5.56 Å². The SMILES string of the molecule is COc1cc(C(=O)N(C)C2CCNCC2)ccc1OC(F)F.Cl. The van der Waals surface area contributed by atoms with E-state index in [2.05, 4.69) is 10.1 Å². The van der Waals surface area contributed by atoms with Crippen LogP contribution in [0.25, 0.3) is 0 Å². The molecule has 1 amide bonds. The minimum Gasteiger partial charge on any atom is -0.493 e. The predicted molar refractivity (Wildman–Crippen MR) is 84.9 cm³/mol. The Kier molecular flexibility index (Phi) is 7.51. The van der Waals surface area contributed by atoms with Crippen molar-refractivity contribution in [2.75, 3.05) is 27.2 Å². The molecule has 0 spiro atoms. The van der Waals surface area contributed by atoms with Crippen LogP contribution in [-0.4, -0.2) is 50.7 Å². The summed E-state index contributed by atoms with van der Waals surface area (Å²) in [6.45, 7) is -1.17. The molecule has 1 N–H and O–H groups in total. The van der Waals surface area contributed by atoms with Crippen molar-refractivity contribution >= 4 is 18.3 Å². The number of benzene rings is 1. The third kappa shape index (κ3) is 4.94. The first kappa shape index (κ1) is 19.4. The molecule has 0 bridgehead atoms. The molecule has 2 rings (SSSR count). The van der Waals surface area contributed by atoms with Gasteiger partial charge in [-0.15, -0.1) is 12.4 Å². The van der Waals surface area contributed by atoms with Gasteiger partial charge in [-0.3, -0.25) is 4.79 Å². The number of hydrogen-bond acceptors (Lipinski definition) is 4. The van der Waals surface area contributed by atoms with Gasteiger partial charge in [0.15, 0.2) is 11.5 Å². The molecule has 1 saturated heterocycles. The Bertz CT molecular complexity index is 525. The molecule has 0 aliphatic carbocycles. The minimum atomic E-state index is -2.94. The molecule has 0 atom stereocenters. The van der Waals surface area contributed by atoms with E-state index in [4.69, 9.17) is 4.74 Å². The third-order valence-electron chi connectivity index (χ3n) is 3.80. The second-order valence-electron chi connectivity index (χ2n) is 5.14. The molecular formula is C15H21ClF2N2O3. The summed E-state index contributed by atoms with van der Waals surface area (Å²) in [6, 6.07) is 4.41. The zero-order valence-corrected chi connectivity index (χ0v) is 13.9. The standard InChI is InChI=1S/C15H20F2N2O3.ClH/c1-19(11-5-7-18-8-6-11)14(20)10-3-4-12(22-15(16)17)13(9-10)21-2;/h3-4,9,11,15,18H,5-8H2,1-2H3;1H. The molecule has 0 saturated carbocycles. The Morgan fingerprint density at radius 1 is 1.30 bits per heavy atom. The normalized spacial score (nSPS) is 15.0. The van der Waals surface area contributed by atoms with Crippen LogP contribution >= 0.6 is 12.4 Å². The number of amides is 1. The predicted octanol–water partition coefficient (Wildman–Crippen LogP) is 2.54. The Labute approximate surface area is 140 Å².